The van der Waals surface area contributed by atoms with Crippen LogP contribution in [-0.4, -0.2) is 0 Å². The van der Waals surface area contributed by atoms with Crippen LogP contribution in [-0.2, 0) is 5.54 Å². The van der Waals surface area contributed by atoms with E-state index in [1.807, 2.05) is 44.2 Å². The van der Waals surface area contributed by atoms with Crippen molar-refractivity contribution in [3.05, 3.63) is 69.4 Å². The third-order valence-electron chi connectivity index (χ3n) is 3.07. The highest BCUT2D eigenvalue weighted by molar-refractivity contribution is 9.10. The second-order valence-electron chi connectivity index (χ2n) is 4.73. The average molecular weight is 308 g/mol. The van der Waals surface area contributed by atoms with Gasteiger partial charge in [0.05, 0.1) is 5.54 Å². The molecule has 3 heteroatoms. The van der Waals surface area contributed by atoms with Gasteiger partial charge in [-0.05, 0) is 54.8 Å². The van der Waals surface area contributed by atoms with Crippen LogP contribution >= 0.6 is 15.9 Å². The largest absolute Gasteiger partial charge is 0.318 e. The Hall–Kier alpha value is -1.19. The van der Waals surface area contributed by atoms with E-state index in [4.69, 9.17) is 5.73 Å². The van der Waals surface area contributed by atoms with E-state index in [1.165, 1.54) is 12.1 Å². The summed E-state index contributed by atoms with van der Waals surface area (Å²) >= 11 is 3.43. The number of halogens is 2. The van der Waals surface area contributed by atoms with Crippen LogP contribution in [0.3, 0.4) is 0 Å². The highest BCUT2D eigenvalue weighted by Gasteiger charge is 2.24. The average Bonchev–Trinajstić information content (AvgIpc) is 2.27. The molecule has 0 aliphatic heterocycles. The Morgan fingerprint density at radius 1 is 1.11 bits per heavy atom. The molecular formula is C15H15BrFN. The van der Waals surface area contributed by atoms with Crippen molar-refractivity contribution in [2.24, 2.45) is 5.73 Å². The highest BCUT2D eigenvalue weighted by Crippen LogP contribution is 2.29. The first-order valence-corrected chi connectivity index (χ1v) is 6.51. The molecule has 18 heavy (non-hydrogen) atoms. The van der Waals surface area contributed by atoms with Crippen molar-refractivity contribution in [2.75, 3.05) is 0 Å². The molecule has 0 saturated heterocycles. The van der Waals surface area contributed by atoms with E-state index in [0.29, 0.717) is 0 Å². The molecule has 2 aromatic rings. The van der Waals surface area contributed by atoms with Crippen LogP contribution in [0.1, 0.15) is 23.6 Å². The number of rotatable bonds is 2. The summed E-state index contributed by atoms with van der Waals surface area (Å²) < 4.78 is 14.5. The Kier molecular flexibility index (Phi) is 3.55. The van der Waals surface area contributed by atoms with Crippen LogP contribution in [0, 0.1) is 12.7 Å². The molecule has 1 unspecified atom stereocenters. The van der Waals surface area contributed by atoms with E-state index in [-0.39, 0.29) is 5.82 Å². The zero-order valence-corrected chi connectivity index (χ0v) is 12.0. The number of hydrogen-bond acceptors (Lipinski definition) is 1. The van der Waals surface area contributed by atoms with Gasteiger partial charge < -0.3 is 5.73 Å². The van der Waals surface area contributed by atoms with E-state index in [2.05, 4.69) is 15.9 Å². The summed E-state index contributed by atoms with van der Waals surface area (Å²) in [6, 6.07) is 12.7. The lowest BCUT2D eigenvalue weighted by Gasteiger charge is -2.26. The summed E-state index contributed by atoms with van der Waals surface area (Å²) in [5, 5.41) is 0. The van der Waals surface area contributed by atoms with Crippen LogP contribution < -0.4 is 5.73 Å². The predicted molar refractivity (Wildman–Crippen MR) is 75.9 cm³/mol. The molecule has 0 radical (unpaired) electrons. The molecule has 94 valence electrons. The summed E-state index contributed by atoms with van der Waals surface area (Å²) in [6.45, 7) is 3.76. The first-order valence-electron chi connectivity index (χ1n) is 5.72. The molecule has 1 nitrogen and oxygen atoms in total. The van der Waals surface area contributed by atoms with Crippen molar-refractivity contribution in [3.63, 3.8) is 0 Å². The molecule has 0 aromatic heterocycles. The maximum atomic E-state index is 13.5. The minimum Gasteiger partial charge on any atom is -0.318 e. The van der Waals surface area contributed by atoms with Gasteiger partial charge in [-0.1, -0.05) is 34.1 Å². The van der Waals surface area contributed by atoms with E-state index in [1.54, 1.807) is 0 Å². The molecule has 0 bridgehead atoms. The maximum Gasteiger partial charge on any atom is 0.123 e. The Balaban J connectivity index is 2.53. The summed E-state index contributed by atoms with van der Waals surface area (Å²) in [6.07, 6.45) is 0. The summed E-state index contributed by atoms with van der Waals surface area (Å²) in [4.78, 5) is 0. The Morgan fingerprint density at radius 3 is 2.44 bits per heavy atom. The highest BCUT2D eigenvalue weighted by atomic mass is 79.9. The fraction of sp³-hybridized carbons (Fsp3) is 0.200. The molecule has 2 N–H and O–H groups in total. The lowest BCUT2D eigenvalue weighted by Crippen LogP contribution is -2.34. The Morgan fingerprint density at radius 2 is 1.83 bits per heavy atom. The quantitative estimate of drug-likeness (QED) is 0.887. The molecule has 0 aliphatic rings. The zero-order chi connectivity index (χ0) is 13.3. The first-order chi connectivity index (χ1) is 8.39. The van der Waals surface area contributed by atoms with Crippen molar-refractivity contribution < 1.29 is 4.39 Å². The predicted octanol–water partition coefficient (Wildman–Crippen LogP) is 4.12. The van der Waals surface area contributed by atoms with Gasteiger partial charge in [-0.15, -0.1) is 0 Å². The summed E-state index contributed by atoms with van der Waals surface area (Å²) in [5.41, 5.74) is 8.26. The molecule has 0 fully saturated rings. The summed E-state index contributed by atoms with van der Waals surface area (Å²) in [7, 11) is 0. The monoisotopic (exact) mass is 307 g/mol. The van der Waals surface area contributed by atoms with Crippen molar-refractivity contribution in [3.8, 4) is 0 Å². The zero-order valence-electron chi connectivity index (χ0n) is 10.4. The van der Waals surface area contributed by atoms with Gasteiger partial charge in [0.1, 0.15) is 5.82 Å². The fourth-order valence-corrected chi connectivity index (χ4v) is 2.41. The van der Waals surface area contributed by atoms with E-state index < -0.39 is 5.54 Å². The Labute approximate surface area is 115 Å². The van der Waals surface area contributed by atoms with Crippen LogP contribution in [0.5, 0.6) is 0 Å². The lowest BCUT2D eigenvalue weighted by atomic mass is 9.85. The van der Waals surface area contributed by atoms with E-state index in [9.17, 15) is 4.39 Å². The minimum absolute atomic E-state index is 0.253. The van der Waals surface area contributed by atoms with Crippen molar-refractivity contribution in [1.29, 1.82) is 0 Å². The van der Waals surface area contributed by atoms with Crippen LogP contribution in [0.2, 0.25) is 0 Å². The van der Waals surface area contributed by atoms with Gasteiger partial charge in [0.2, 0.25) is 0 Å². The Bertz CT molecular complexity index is 558. The van der Waals surface area contributed by atoms with Crippen LogP contribution in [0.25, 0.3) is 0 Å². The number of aryl methyl sites for hydroxylation is 1. The summed E-state index contributed by atoms with van der Waals surface area (Å²) in [5.74, 6) is -0.253. The van der Waals surface area contributed by atoms with Crippen LogP contribution in [0.15, 0.2) is 46.9 Å². The molecule has 0 saturated carbocycles. The molecule has 1 atom stereocenters. The third kappa shape index (κ3) is 2.62. The third-order valence-corrected chi connectivity index (χ3v) is 3.56. The molecule has 2 aromatic carbocycles. The second kappa shape index (κ2) is 4.82. The number of benzene rings is 2. The fourth-order valence-electron chi connectivity index (χ4n) is 2.01. The van der Waals surface area contributed by atoms with Gasteiger partial charge in [-0.3, -0.25) is 0 Å². The lowest BCUT2D eigenvalue weighted by molar-refractivity contribution is 0.580. The molecular weight excluding hydrogens is 293 g/mol. The first kappa shape index (κ1) is 13.2. The SMILES string of the molecule is Cc1cc(F)cc(C(C)(N)c2cccc(Br)c2)c1. The minimum atomic E-state index is -0.712. The van der Waals surface area contributed by atoms with Gasteiger partial charge in [-0.2, -0.15) is 0 Å². The van der Waals surface area contributed by atoms with Crippen LogP contribution in [0.4, 0.5) is 4.39 Å². The van der Waals surface area contributed by atoms with Gasteiger partial charge in [-0.25, -0.2) is 4.39 Å². The smallest absolute Gasteiger partial charge is 0.123 e. The van der Waals surface area contributed by atoms with Crippen molar-refractivity contribution in [2.45, 2.75) is 19.4 Å². The molecule has 0 spiro atoms. The van der Waals surface area contributed by atoms with Gasteiger partial charge in [0, 0.05) is 4.47 Å². The van der Waals surface area contributed by atoms with Crippen molar-refractivity contribution in [1.82, 2.24) is 0 Å². The molecule has 0 amide bonds. The van der Waals surface area contributed by atoms with E-state index in [0.717, 1.165) is 21.2 Å². The van der Waals surface area contributed by atoms with Crippen molar-refractivity contribution >= 4 is 15.9 Å². The second-order valence-corrected chi connectivity index (χ2v) is 5.65. The molecule has 0 aliphatic carbocycles. The topological polar surface area (TPSA) is 26.0 Å². The molecule has 2 rings (SSSR count). The van der Waals surface area contributed by atoms with Gasteiger partial charge in [0.15, 0.2) is 0 Å². The maximum absolute atomic E-state index is 13.5. The van der Waals surface area contributed by atoms with E-state index >= 15 is 0 Å². The standard InChI is InChI=1S/C15H15BrFN/c1-10-6-12(9-14(17)7-10)15(2,18)11-4-3-5-13(16)8-11/h3-9H,18H2,1-2H3. The normalized spacial score (nSPS) is 14.3. The van der Waals surface area contributed by atoms with Gasteiger partial charge in [0.25, 0.3) is 0 Å². The molecule has 0 heterocycles. The number of hydrogen-bond donors (Lipinski definition) is 1. The number of nitrogens with two attached hydrogens (primary N) is 1. The van der Waals surface area contributed by atoms with Gasteiger partial charge >= 0.3 is 0 Å².